The fraction of sp³-hybridized carbons (Fsp3) is 0.286. The number of carbonyl (C=O) groups is 2. The van der Waals surface area contributed by atoms with Gasteiger partial charge < -0.3 is 10.2 Å². The van der Waals surface area contributed by atoms with E-state index in [0.717, 1.165) is 17.5 Å². The van der Waals surface area contributed by atoms with Gasteiger partial charge in [-0.25, -0.2) is 0 Å². The molecular formula is C28H29Cl2N3O4S. The van der Waals surface area contributed by atoms with Crippen molar-refractivity contribution in [2.45, 2.75) is 38.1 Å². The number of rotatable bonds is 13. The molecule has 3 aromatic rings. The van der Waals surface area contributed by atoms with Gasteiger partial charge >= 0.3 is 0 Å². The molecule has 0 radical (unpaired) electrons. The summed E-state index contributed by atoms with van der Waals surface area (Å²) in [7, 11) is 0. The second-order valence-electron chi connectivity index (χ2n) is 8.63. The van der Waals surface area contributed by atoms with Crippen LogP contribution < -0.4 is 5.32 Å². The first-order valence-electron chi connectivity index (χ1n) is 12.1. The molecule has 2 amide bonds. The third-order valence-corrected chi connectivity index (χ3v) is 7.55. The Morgan fingerprint density at radius 1 is 0.974 bits per heavy atom. The predicted octanol–water partition coefficient (Wildman–Crippen LogP) is 6.30. The first-order chi connectivity index (χ1) is 18.3. The minimum Gasteiger partial charge on any atom is -0.354 e. The van der Waals surface area contributed by atoms with E-state index in [2.05, 4.69) is 5.32 Å². The molecule has 10 heteroatoms. The van der Waals surface area contributed by atoms with Gasteiger partial charge in [-0.2, -0.15) is 0 Å². The highest BCUT2D eigenvalue weighted by Crippen LogP contribution is 2.28. The maximum absolute atomic E-state index is 13.7. The van der Waals surface area contributed by atoms with Crippen molar-refractivity contribution in [1.82, 2.24) is 10.2 Å². The van der Waals surface area contributed by atoms with Crippen molar-refractivity contribution < 1.29 is 14.5 Å². The van der Waals surface area contributed by atoms with Crippen molar-refractivity contribution in [2.75, 3.05) is 12.3 Å². The SMILES string of the molecule is CCCNC(=O)[C@@H](Cc1ccccc1)N(Cc1c(Cl)cccc1Cl)C(=O)CSCc1ccc([N+](=O)[O-])cc1. The number of thioether (sulfide) groups is 1. The molecule has 0 aliphatic carbocycles. The number of nitrogens with zero attached hydrogens (tertiary/aromatic N) is 2. The summed E-state index contributed by atoms with van der Waals surface area (Å²) in [5, 5.41) is 14.7. The molecule has 7 nitrogen and oxygen atoms in total. The topological polar surface area (TPSA) is 92.6 Å². The van der Waals surface area contributed by atoms with Gasteiger partial charge in [0.05, 0.1) is 10.7 Å². The van der Waals surface area contributed by atoms with E-state index in [1.165, 1.54) is 23.9 Å². The Balaban J connectivity index is 1.85. The molecule has 1 atom stereocenters. The second kappa shape index (κ2) is 14.8. The normalized spacial score (nSPS) is 11.6. The fourth-order valence-electron chi connectivity index (χ4n) is 3.83. The van der Waals surface area contributed by atoms with Gasteiger partial charge in [0, 0.05) is 53.0 Å². The first kappa shape index (κ1) is 29.5. The molecule has 1 N–H and O–H groups in total. The van der Waals surface area contributed by atoms with Gasteiger partial charge in [0.25, 0.3) is 5.69 Å². The predicted molar refractivity (Wildman–Crippen MR) is 154 cm³/mol. The van der Waals surface area contributed by atoms with Crippen molar-refractivity contribution in [3.8, 4) is 0 Å². The van der Waals surface area contributed by atoms with Crippen LogP contribution in [0.3, 0.4) is 0 Å². The van der Waals surface area contributed by atoms with E-state index < -0.39 is 11.0 Å². The summed E-state index contributed by atoms with van der Waals surface area (Å²) in [6.45, 7) is 2.54. The molecule has 0 saturated heterocycles. The molecule has 0 spiro atoms. The van der Waals surface area contributed by atoms with Gasteiger partial charge in [-0.15, -0.1) is 11.8 Å². The van der Waals surface area contributed by atoms with Crippen molar-refractivity contribution in [1.29, 1.82) is 0 Å². The van der Waals surface area contributed by atoms with E-state index in [1.54, 1.807) is 35.2 Å². The van der Waals surface area contributed by atoms with Crippen molar-refractivity contribution in [2.24, 2.45) is 0 Å². The number of benzene rings is 3. The minimum atomic E-state index is -0.774. The molecule has 38 heavy (non-hydrogen) atoms. The molecule has 0 bridgehead atoms. The van der Waals surface area contributed by atoms with E-state index in [1.807, 2.05) is 37.3 Å². The molecule has 0 fully saturated rings. The maximum Gasteiger partial charge on any atom is 0.269 e. The number of hydrogen-bond donors (Lipinski definition) is 1. The summed E-state index contributed by atoms with van der Waals surface area (Å²) >= 11 is 14.3. The number of nitrogens with one attached hydrogen (secondary N) is 1. The van der Waals surface area contributed by atoms with Gasteiger partial charge in [-0.1, -0.05) is 78.7 Å². The van der Waals surface area contributed by atoms with E-state index in [-0.39, 0.29) is 29.8 Å². The van der Waals surface area contributed by atoms with Crippen LogP contribution in [0.2, 0.25) is 10.0 Å². The van der Waals surface area contributed by atoms with Crippen LogP contribution in [0.1, 0.15) is 30.0 Å². The average Bonchev–Trinajstić information content (AvgIpc) is 2.91. The summed E-state index contributed by atoms with van der Waals surface area (Å²) in [5.74, 6) is 0.106. The van der Waals surface area contributed by atoms with Crippen LogP contribution in [0.15, 0.2) is 72.8 Å². The summed E-state index contributed by atoms with van der Waals surface area (Å²) in [5.41, 5.74) is 2.37. The van der Waals surface area contributed by atoms with E-state index >= 15 is 0 Å². The van der Waals surface area contributed by atoms with Gasteiger partial charge in [-0.3, -0.25) is 19.7 Å². The van der Waals surface area contributed by atoms with Crippen LogP contribution >= 0.6 is 35.0 Å². The molecule has 200 valence electrons. The number of nitro benzene ring substituents is 1. The lowest BCUT2D eigenvalue weighted by molar-refractivity contribution is -0.384. The molecular weight excluding hydrogens is 545 g/mol. The zero-order valence-electron chi connectivity index (χ0n) is 20.9. The fourth-order valence-corrected chi connectivity index (χ4v) is 5.21. The van der Waals surface area contributed by atoms with Crippen molar-refractivity contribution >= 4 is 52.5 Å². The van der Waals surface area contributed by atoms with E-state index in [9.17, 15) is 19.7 Å². The smallest absolute Gasteiger partial charge is 0.269 e. The van der Waals surface area contributed by atoms with Crippen LogP contribution in [0.4, 0.5) is 5.69 Å². The monoisotopic (exact) mass is 573 g/mol. The first-order valence-corrected chi connectivity index (χ1v) is 14.1. The van der Waals surface area contributed by atoms with Crippen molar-refractivity contribution in [3.05, 3.63) is 110 Å². The number of nitro groups is 1. The minimum absolute atomic E-state index is 0.0134. The van der Waals surface area contributed by atoms with Crippen LogP contribution in [0.5, 0.6) is 0 Å². The zero-order chi connectivity index (χ0) is 27.5. The van der Waals surface area contributed by atoms with Crippen LogP contribution in [-0.4, -0.2) is 40.0 Å². The summed E-state index contributed by atoms with van der Waals surface area (Å²) in [6, 6.07) is 20.1. The molecule has 0 aromatic heterocycles. The zero-order valence-corrected chi connectivity index (χ0v) is 23.3. The van der Waals surface area contributed by atoms with E-state index in [0.29, 0.717) is 34.3 Å². The van der Waals surface area contributed by atoms with Gasteiger partial charge in [0.15, 0.2) is 0 Å². The molecule has 0 aliphatic heterocycles. The average molecular weight is 575 g/mol. The van der Waals surface area contributed by atoms with Crippen molar-refractivity contribution in [3.63, 3.8) is 0 Å². The van der Waals surface area contributed by atoms with Crippen LogP contribution in [0, 0.1) is 10.1 Å². The van der Waals surface area contributed by atoms with Crippen LogP contribution in [-0.2, 0) is 28.3 Å². The molecule has 0 unspecified atom stereocenters. The Labute approximate surface area is 236 Å². The Hall–Kier alpha value is -3.07. The molecule has 3 aromatic carbocycles. The standard InChI is InChI=1S/C28H29Cl2N3O4S/c1-2-15-31-28(35)26(16-20-7-4-3-5-8-20)32(17-23-24(29)9-6-10-25(23)30)27(34)19-38-18-21-11-13-22(14-12-21)33(36)37/h3-14,26H,2,15-19H2,1H3,(H,31,35)/t26-/m1/s1. The van der Waals surface area contributed by atoms with Crippen LogP contribution in [0.25, 0.3) is 0 Å². The number of halogens is 2. The lowest BCUT2D eigenvalue weighted by Gasteiger charge is -2.32. The lowest BCUT2D eigenvalue weighted by atomic mass is 10.0. The number of hydrogen-bond acceptors (Lipinski definition) is 5. The Morgan fingerprint density at radius 3 is 2.24 bits per heavy atom. The maximum atomic E-state index is 13.7. The molecule has 0 heterocycles. The Morgan fingerprint density at radius 2 is 1.63 bits per heavy atom. The molecule has 3 rings (SSSR count). The highest BCUT2D eigenvalue weighted by molar-refractivity contribution is 7.99. The summed E-state index contributed by atoms with van der Waals surface area (Å²) in [4.78, 5) is 39.0. The quantitative estimate of drug-likeness (QED) is 0.191. The highest BCUT2D eigenvalue weighted by Gasteiger charge is 2.31. The van der Waals surface area contributed by atoms with Gasteiger partial charge in [-0.05, 0) is 29.7 Å². The third kappa shape index (κ3) is 8.48. The third-order valence-electron chi connectivity index (χ3n) is 5.85. The Kier molecular flexibility index (Phi) is 11.5. The molecule has 0 aliphatic rings. The van der Waals surface area contributed by atoms with Gasteiger partial charge in [0.2, 0.25) is 11.8 Å². The lowest BCUT2D eigenvalue weighted by Crippen LogP contribution is -2.51. The molecule has 0 saturated carbocycles. The summed E-state index contributed by atoms with van der Waals surface area (Å²) in [6.07, 6.45) is 1.09. The largest absolute Gasteiger partial charge is 0.354 e. The summed E-state index contributed by atoms with van der Waals surface area (Å²) < 4.78 is 0. The highest BCUT2D eigenvalue weighted by atomic mass is 35.5. The number of amides is 2. The van der Waals surface area contributed by atoms with Gasteiger partial charge in [0.1, 0.15) is 6.04 Å². The number of carbonyl (C=O) groups excluding carboxylic acids is 2. The van der Waals surface area contributed by atoms with E-state index in [4.69, 9.17) is 23.2 Å². The Bertz CT molecular complexity index is 1220. The number of non-ortho nitro benzene ring substituents is 1. The second-order valence-corrected chi connectivity index (χ2v) is 10.4.